The van der Waals surface area contributed by atoms with E-state index in [1.165, 1.54) is 18.6 Å². The van der Waals surface area contributed by atoms with Crippen molar-refractivity contribution in [3.05, 3.63) is 59.7 Å². The van der Waals surface area contributed by atoms with E-state index in [4.69, 9.17) is 9.47 Å². The van der Waals surface area contributed by atoms with Crippen LogP contribution in [-0.2, 0) is 12.5 Å². The zero-order chi connectivity index (χ0) is 17.7. The van der Waals surface area contributed by atoms with Gasteiger partial charge in [-0.25, -0.2) is 8.78 Å². The number of hydrogen-bond acceptors (Lipinski definition) is 3. The van der Waals surface area contributed by atoms with Crippen molar-refractivity contribution in [2.45, 2.75) is 38.3 Å². The SMILES string of the molecule is CC(F)(F)c1cccc(COc2ccc(OCC3CCCN3)cc2)c1.Cl. The van der Waals surface area contributed by atoms with Gasteiger partial charge in [0.1, 0.15) is 24.7 Å². The summed E-state index contributed by atoms with van der Waals surface area (Å²) in [6.07, 6.45) is 2.35. The first kappa shape index (κ1) is 20.5. The summed E-state index contributed by atoms with van der Waals surface area (Å²) in [7, 11) is 0. The van der Waals surface area contributed by atoms with Crippen LogP contribution in [0.1, 0.15) is 30.9 Å². The van der Waals surface area contributed by atoms with Gasteiger partial charge in [-0.05, 0) is 55.3 Å². The van der Waals surface area contributed by atoms with Crippen molar-refractivity contribution in [1.29, 1.82) is 0 Å². The molecule has 142 valence electrons. The minimum Gasteiger partial charge on any atom is -0.492 e. The second-order valence-electron chi connectivity index (χ2n) is 6.45. The highest BCUT2D eigenvalue weighted by atomic mass is 35.5. The van der Waals surface area contributed by atoms with Crippen LogP contribution in [0.2, 0.25) is 0 Å². The van der Waals surface area contributed by atoms with Gasteiger partial charge in [-0.3, -0.25) is 0 Å². The predicted octanol–water partition coefficient (Wildman–Crippen LogP) is 4.93. The molecule has 1 fully saturated rings. The van der Waals surface area contributed by atoms with E-state index in [0.717, 1.165) is 25.6 Å². The number of rotatable bonds is 7. The van der Waals surface area contributed by atoms with Crippen LogP contribution in [0.4, 0.5) is 8.78 Å². The van der Waals surface area contributed by atoms with Gasteiger partial charge < -0.3 is 14.8 Å². The maximum atomic E-state index is 13.4. The molecule has 1 aliphatic rings. The molecule has 0 bridgehead atoms. The molecule has 26 heavy (non-hydrogen) atoms. The molecular weight excluding hydrogens is 360 g/mol. The van der Waals surface area contributed by atoms with Crippen LogP contribution in [0.25, 0.3) is 0 Å². The molecule has 1 N–H and O–H groups in total. The molecule has 3 nitrogen and oxygen atoms in total. The Morgan fingerprint density at radius 2 is 1.77 bits per heavy atom. The Kier molecular flexibility index (Phi) is 7.23. The van der Waals surface area contributed by atoms with Crippen molar-refractivity contribution in [2.24, 2.45) is 0 Å². The van der Waals surface area contributed by atoms with Gasteiger partial charge in [-0.15, -0.1) is 12.4 Å². The maximum absolute atomic E-state index is 13.4. The Balaban J connectivity index is 0.00000243. The van der Waals surface area contributed by atoms with E-state index in [0.29, 0.717) is 24.0 Å². The summed E-state index contributed by atoms with van der Waals surface area (Å²) in [6.45, 7) is 2.87. The third kappa shape index (κ3) is 5.85. The van der Waals surface area contributed by atoms with Crippen LogP contribution in [0.3, 0.4) is 0 Å². The monoisotopic (exact) mass is 383 g/mol. The Hall–Kier alpha value is -1.85. The molecule has 1 aliphatic heterocycles. The molecule has 3 rings (SSSR count). The highest BCUT2D eigenvalue weighted by Gasteiger charge is 2.24. The number of ether oxygens (including phenoxy) is 2. The molecule has 1 heterocycles. The van der Waals surface area contributed by atoms with E-state index in [2.05, 4.69) is 5.32 Å². The van der Waals surface area contributed by atoms with Crippen molar-refractivity contribution in [2.75, 3.05) is 13.2 Å². The van der Waals surface area contributed by atoms with E-state index < -0.39 is 5.92 Å². The minimum absolute atomic E-state index is 0. The summed E-state index contributed by atoms with van der Waals surface area (Å²) in [6, 6.07) is 14.1. The highest BCUT2D eigenvalue weighted by Crippen LogP contribution is 2.27. The van der Waals surface area contributed by atoms with Crippen molar-refractivity contribution in [1.82, 2.24) is 5.32 Å². The van der Waals surface area contributed by atoms with E-state index in [1.54, 1.807) is 12.1 Å². The summed E-state index contributed by atoms with van der Waals surface area (Å²) in [5.74, 6) is -1.36. The molecule has 0 saturated carbocycles. The topological polar surface area (TPSA) is 30.5 Å². The number of hydrogen-bond donors (Lipinski definition) is 1. The van der Waals surface area contributed by atoms with Gasteiger partial charge in [-0.1, -0.05) is 18.2 Å². The van der Waals surface area contributed by atoms with Crippen LogP contribution in [-0.4, -0.2) is 19.2 Å². The summed E-state index contributed by atoms with van der Waals surface area (Å²) >= 11 is 0. The van der Waals surface area contributed by atoms with E-state index >= 15 is 0 Å². The number of halogens is 3. The third-order valence-electron chi connectivity index (χ3n) is 4.28. The lowest BCUT2D eigenvalue weighted by Crippen LogP contribution is -2.28. The molecule has 0 aliphatic carbocycles. The van der Waals surface area contributed by atoms with E-state index in [9.17, 15) is 8.78 Å². The van der Waals surface area contributed by atoms with Gasteiger partial charge in [0, 0.05) is 18.5 Å². The summed E-state index contributed by atoms with van der Waals surface area (Å²) < 4.78 is 38.2. The molecule has 2 aromatic carbocycles. The van der Waals surface area contributed by atoms with Crippen LogP contribution >= 0.6 is 12.4 Å². The molecule has 6 heteroatoms. The van der Waals surface area contributed by atoms with Gasteiger partial charge in [0.25, 0.3) is 5.92 Å². The Morgan fingerprint density at radius 3 is 2.38 bits per heavy atom. The second kappa shape index (κ2) is 9.19. The van der Waals surface area contributed by atoms with Gasteiger partial charge in [0.05, 0.1) is 0 Å². The van der Waals surface area contributed by atoms with Gasteiger partial charge in [0.15, 0.2) is 0 Å². The molecule has 1 saturated heterocycles. The van der Waals surface area contributed by atoms with E-state index in [1.807, 2.05) is 24.3 Å². The van der Waals surface area contributed by atoms with Crippen LogP contribution in [0.15, 0.2) is 48.5 Å². The number of benzene rings is 2. The first-order valence-corrected chi connectivity index (χ1v) is 8.57. The lowest BCUT2D eigenvalue weighted by Gasteiger charge is -2.13. The fourth-order valence-electron chi connectivity index (χ4n) is 2.83. The first-order valence-electron chi connectivity index (χ1n) is 8.57. The molecule has 0 amide bonds. The lowest BCUT2D eigenvalue weighted by molar-refractivity contribution is 0.0173. The smallest absolute Gasteiger partial charge is 0.270 e. The normalized spacial score (nSPS) is 16.8. The second-order valence-corrected chi connectivity index (χ2v) is 6.45. The maximum Gasteiger partial charge on any atom is 0.270 e. The molecule has 1 unspecified atom stereocenters. The van der Waals surface area contributed by atoms with Crippen molar-refractivity contribution in [3.63, 3.8) is 0 Å². The third-order valence-corrected chi connectivity index (χ3v) is 4.28. The van der Waals surface area contributed by atoms with Crippen molar-refractivity contribution >= 4 is 12.4 Å². The zero-order valence-electron chi connectivity index (χ0n) is 14.7. The molecular formula is C20H24ClF2NO2. The molecule has 0 radical (unpaired) electrons. The Bertz CT molecular complexity index is 683. The molecule has 0 spiro atoms. The molecule has 1 atom stereocenters. The highest BCUT2D eigenvalue weighted by molar-refractivity contribution is 5.85. The zero-order valence-corrected chi connectivity index (χ0v) is 15.5. The standard InChI is InChI=1S/C20H23F2NO2.ClH/c1-20(21,22)16-5-2-4-15(12-16)13-24-18-7-9-19(10-8-18)25-14-17-6-3-11-23-17;/h2,4-5,7-10,12,17,23H,3,6,11,13-14H2,1H3;1H. The number of nitrogens with one attached hydrogen (secondary N) is 1. The largest absolute Gasteiger partial charge is 0.492 e. The van der Waals surface area contributed by atoms with Crippen LogP contribution < -0.4 is 14.8 Å². The number of alkyl halides is 2. The van der Waals surface area contributed by atoms with Gasteiger partial charge >= 0.3 is 0 Å². The van der Waals surface area contributed by atoms with E-state index in [-0.39, 0.29) is 24.6 Å². The molecule has 0 aromatic heterocycles. The molecule has 2 aromatic rings. The Labute approximate surface area is 159 Å². The minimum atomic E-state index is -2.84. The van der Waals surface area contributed by atoms with Crippen LogP contribution in [0.5, 0.6) is 11.5 Å². The first-order chi connectivity index (χ1) is 12.0. The average Bonchev–Trinajstić information content (AvgIpc) is 3.12. The average molecular weight is 384 g/mol. The quantitative estimate of drug-likeness (QED) is 0.735. The van der Waals surface area contributed by atoms with Crippen LogP contribution in [0, 0.1) is 0 Å². The Morgan fingerprint density at radius 1 is 1.08 bits per heavy atom. The summed E-state index contributed by atoms with van der Waals surface area (Å²) in [5, 5.41) is 3.39. The lowest BCUT2D eigenvalue weighted by atomic mass is 10.1. The fraction of sp³-hybridized carbons (Fsp3) is 0.400. The van der Waals surface area contributed by atoms with Gasteiger partial charge in [-0.2, -0.15) is 0 Å². The predicted molar refractivity (Wildman–Crippen MR) is 101 cm³/mol. The summed E-state index contributed by atoms with van der Waals surface area (Å²) in [5.41, 5.74) is 0.713. The fourth-order valence-corrected chi connectivity index (χ4v) is 2.83. The van der Waals surface area contributed by atoms with Gasteiger partial charge in [0.2, 0.25) is 0 Å². The van der Waals surface area contributed by atoms with Crippen molar-refractivity contribution in [3.8, 4) is 11.5 Å². The van der Waals surface area contributed by atoms with Crippen molar-refractivity contribution < 1.29 is 18.3 Å². The summed E-state index contributed by atoms with van der Waals surface area (Å²) in [4.78, 5) is 0.